The van der Waals surface area contributed by atoms with E-state index < -0.39 is 92.8 Å². The maximum atomic E-state index is 17.0. The first-order valence-electron chi connectivity index (χ1n) is 24.0. The van der Waals surface area contributed by atoms with E-state index in [-0.39, 0.29) is 40.4 Å². The summed E-state index contributed by atoms with van der Waals surface area (Å²) >= 11 is 1.01. The van der Waals surface area contributed by atoms with Crippen molar-refractivity contribution in [3.8, 4) is 0 Å². The molecule has 21 rings (SSSR count). The predicted molar refractivity (Wildman–Crippen MR) is 248 cm³/mol. The number of allylic oxidation sites excluding steroid dienone is 3. The highest BCUT2D eigenvalue weighted by Crippen LogP contribution is 2.85. The van der Waals surface area contributed by atoms with Crippen LogP contribution in [0.25, 0.3) is 97.8 Å². The molecule has 2 saturated carbocycles. The summed E-state index contributed by atoms with van der Waals surface area (Å²) in [5, 5.41) is 19.8. The van der Waals surface area contributed by atoms with Crippen molar-refractivity contribution in [1.82, 2.24) is 0 Å². The Hall–Kier alpha value is -5.60. The summed E-state index contributed by atoms with van der Waals surface area (Å²) in [6, 6.07) is 8.57. The minimum Gasteiger partial charge on any atom is -0.199 e. The lowest BCUT2D eigenvalue weighted by Crippen LogP contribution is -2.57. The van der Waals surface area contributed by atoms with Crippen molar-refractivity contribution < 1.29 is 52.7 Å². The third-order valence-corrected chi connectivity index (χ3v) is 23.3. The van der Waals surface area contributed by atoms with Gasteiger partial charge in [0.25, 0.3) is 0 Å². The van der Waals surface area contributed by atoms with Gasteiger partial charge in [0.2, 0.25) is 0 Å². The van der Waals surface area contributed by atoms with Crippen molar-refractivity contribution in [3.05, 3.63) is 124 Å². The number of thiophene rings is 2. The molecular formula is C57H22F12S2. The van der Waals surface area contributed by atoms with Crippen molar-refractivity contribution in [2.45, 2.75) is 83.4 Å². The first kappa shape index (κ1) is 37.2. The molecule has 11 aromatic rings. The van der Waals surface area contributed by atoms with Gasteiger partial charge in [-0.15, -0.1) is 22.7 Å². The number of hydrogen-bond donors (Lipinski definition) is 0. The van der Waals surface area contributed by atoms with Gasteiger partial charge in [-0.05, 0) is 165 Å². The van der Waals surface area contributed by atoms with Gasteiger partial charge in [-0.3, -0.25) is 0 Å². The van der Waals surface area contributed by atoms with E-state index in [2.05, 4.69) is 42.5 Å². The second-order valence-corrected chi connectivity index (χ2v) is 24.7. The van der Waals surface area contributed by atoms with Gasteiger partial charge in [0.15, 0.2) is 0 Å². The smallest absolute Gasteiger partial charge is 0.199 e. The maximum Gasteiger partial charge on any atom is 0.376 e. The summed E-state index contributed by atoms with van der Waals surface area (Å²) in [6.45, 7) is 0. The van der Waals surface area contributed by atoms with Crippen LogP contribution in [-0.2, 0) is 30.1 Å². The van der Waals surface area contributed by atoms with Crippen molar-refractivity contribution >= 4 is 121 Å². The average molecular weight is 999 g/mol. The third-order valence-electron chi connectivity index (χ3n) is 21.0. The summed E-state index contributed by atoms with van der Waals surface area (Å²) in [4.78, 5) is -0.823. The topological polar surface area (TPSA) is 0 Å². The Kier molecular flexibility index (Phi) is 5.02. The Labute approximate surface area is 396 Å². The second kappa shape index (κ2) is 9.58. The predicted octanol–water partition coefficient (Wildman–Crippen LogP) is 15.9. The molecule has 14 heteroatoms. The van der Waals surface area contributed by atoms with Crippen LogP contribution in [-0.4, -0.2) is 23.7 Å². The van der Waals surface area contributed by atoms with Gasteiger partial charge in [0, 0.05) is 68.7 Å². The van der Waals surface area contributed by atoms with Gasteiger partial charge >= 0.3 is 35.5 Å². The van der Waals surface area contributed by atoms with Crippen LogP contribution in [0.2, 0.25) is 0 Å². The summed E-state index contributed by atoms with van der Waals surface area (Å²) in [7, 11) is 0. The number of rotatable bonds is 2. The van der Waals surface area contributed by atoms with E-state index in [0.717, 1.165) is 81.1 Å². The molecule has 2 fully saturated rings. The van der Waals surface area contributed by atoms with Crippen molar-refractivity contribution in [3.63, 3.8) is 0 Å². The zero-order valence-corrected chi connectivity index (χ0v) is 37.3. The highest BCUT2D eigenvalue weighted by atomic mass is 32.1. The zero-order chi connectivity index (χ0) is 47.3. The quantitative estimate of drug-likeness (QED) is 0.0920. The zero-order valence-electron chi connectivity index (χ0n) is 35.7. The largest absolute Gasteiger partial charge is 0.376 e. The summed E-state index contributed by atoms with van der Waals surface area (Å²) in [5.41, 5.74) is 0.836. The van der Waals surface area contributed by atoms with Crippen LogP contribution in [0.1, 0.15) is 95.0 Å². The lowest BCUT2D eigenvalue weighted by Gasteiger charge is -2.39. The molecule has 9 aromatic carbocycles. The Morgan fingerprint density at radius 3 is 1.94 bits per heavy atom. The molecule has 0 amide bonds. The lowest BCUT2D eigenvalue weighted by atomic mass is 9.65. The van der Waals surface area contributed by atoms with Gasteiger partial charge in [0.1, 0.15) is 0 Å². The van der Waals surface area contributed by atoms with Crippen LogP contribution in [0.3, 0.4) is 0 Å². The number of benzene rings is 5. The van der Waals surface area contributed by atoms with E-state index in [1.165, 1.54) is 43.5 Å². The Balaban J connectivity index is 1.00. The highest BCUT2D eigenvalue weighted by molar-refractivity contribution is 7.12. The standard InChI is InChI=1S/C57H22F12S2/c58-51(59)9-13-11-70-50(46(13)55(64,65)57(51,68)69)53(49-22-10-52(60,61)56(66,67)54(62,63)23(22)12-71-49)47-32-20-7-5-18-16-3-1-14-15-2-4-17-19-6-8-21-31-29(19)36-27(17)25(15)34-24(14)26(16)35-28(18)30(20)37-39(32)40(33(21)48(47)53)38(31)45-43(36)41(34)42(35)44(37)45/h1-8,11-12,14,16,18,24,26,28,47-48H,9-10H2. The molecule has 2 heterocycles. The molecule has 10 aliphatic rings. The van der Waals surface area contributed by atoms with Crippen molar-refractivity contribution in [2.24, 2.45) is 17.8 Å². The molecule has 0 aliphatic heterocycles. The van der Waals surface area contributed by atoms with Crippen LogP contribution in [0.5, 0.6) is 0 Å². The summed E-state index contributed by atoms with van der Waals surface area (Å²) in [6.07, 6.45) is 5.49. The number of alkyl halides is 12. The van der Waals surface area contributed by atoms with Gasteiger partial charge in [-0.2, -0.15) is 52.7 Å². The van der Waals surface area contributed by atoms with E-state index in [1.54, 1.807) is 0 Å². The molecule has 2 aromatic heterocycles. The molecule has 0 radical (unpaired) electrons. The third kappa shape index (κ3) is 2.93. The molecule has 0 bridgehead atoms. The van der Waals surface area contributed by atoms with Crippen LogP contribution < -0.4 is 5.22 Å². The highest BCUT2D eigenvalue weighted by Gasteiger charge is 2.82. The van der Waals surface area contributed by atoms with Crippen LogP contribution in [0.15, 0.2) is 53.3 Å². The van der Waals surface area contributed by atoms with E-state index in [4.69, 9.17) is 0 Å². The van der Waals surface area contributed by atoms with Crippen LogP contribution in [0, 0.1) is 17.8 Å². The fraction of sp³-hybridized carbons (Fsp3) is 0.298. The monoisotopic (exact) mass is 998 g/mol. The maximum absolute atomic E-state index is 17.0. The average Bonchev–Trinajstić information content (AvgIpc) is 4.20. The first-order valence-corrected chi connectivity index (χ1v) is 25.8. The fourth-order valence-corrected chi connectivity index (χ4v) is 21.9. The van der Waals surface area contributed by atoms with E-state index in [1.807, 2.05) is 6.07 Å². The molecule has 9 unspecified atom stereocenters. The Morgan fingerprint density at radius 2 is 1.13 bits per heavy atom. The molecule has 346 valence electrons. The minimum atomic E-state index is -5.91. The minimum absolute atomic E-state index is 0.0422. The van der Waals surface area contributed by atoms with E-state index in [9.17, 15) is 0 Å². The molecule has 0 nitrogen and oxygen atoms in total. The summed E-state index contributed by atoms with van der Waals surface area (Å²) in [5.74, 6) is -34.7. The number of hydrogen-bond acceptors (Lipinski definition) is 2. The van der Waals surface area contributed by atoms with Gasteiger partial charge in [0.05, 0.1) is 5.41 Å². The van der Waals surface area contributed by atoms with Crippen LogP contribution in [0.4, 0.5) is 52.7 Å². The van der Waals surface area contributed by atoms with E-state index >= 15 is 52.7 Å². The molecule has 10 aliphatic carbocycles. The van der Waals surface area contributed by atoms with E-state index in [0.29, 0.717) is 39.2 Å². The number of fused-ring (bicyclic) bond motifs is 10. The second-order valence-electron chi connectivity index (χ2n) is 22.9. The van der Waals surface area contributed by atoms with Gasteiger partial charge < -0.3 is 0 Å². The van der Waals surface area contributed by atoms with Gasteiger partial charge in [-0.25, -0.2) is 0 Å². The molecule has 9 atom stereocenters. The molecule has 71 heavy (non-hydrogen) atoms. The molecule has 0 spiro atoms. The SMILES string of the molecule is FC1(F)Cc2c(csc2C2(c3scc4c3C(F)(F)C(F)(F)C(F)(F)C4)C3c4c5c6c7c4c4c(c8ccc9c%10ccc%11c%12c%13c%14c(c7c7c%14c(c%12%10)c9c8c47)=C4C6C(C=C5)C5C=CC%11C%13C45)C32)C(F)(F)C1(F)F. The Bertz CT molecular complexity index is 4740. The Morgan fingerprint density at radius 1 is 0.493 bits per heavy atom. The lowest BCUT2D eigenvalue weighted by molar-refractivity contribution is -0.322. The summed E-state index contributed by atoms with van der Waals surface area (Å²) < 4.78 is 192. The number of halogens is 12. The van der Waals surface area contributed by atoms with Gasteiger partial charge in [-0.1, -0.05) is 48.6 Å². The first-order chi connectivity index (χ1) is 33.8. The van der Waals surface area contributed by atoms with Crippen molar-refractivity contribution in [1.29, 1.82) is 0 Å². The molecule has 0 saturated heterocycles. The normalized spacial score (nSPS) is 33.8. The van der Waals surface area contributed by atoms with Crippen LogP contribution >= 0.6 is 22.7 Å². The van der Waals surface area contributed by atoms with Crippen molar-refractivity contribution in [2.75, 3.05) is 0 Å². The molecular weight excluding hydrogens is 977 g/mol. The molecule has 0 N–H and O–H groups in total. The fourth-order valence-electron chi connectivity index (χ4n) is 19.0.